The number of ether oxygens (including phenoxy) is 5. The second kappa shape index (κ2) is 14.5. The van der Waals surface area contributed by atoms with E-state index in [0.29, 0.717) is 0 Å². The van der Waals surface area contributed by atoms with Crippen LogP contribution in [0.1, 0.15) is 67.2 Å². The number of hydrogen-bond acceptors (Lipinski definition) is 10. The van der Waals surface area contributed by atoms with Crippen LogP contribution in [0.2, 0.25) is 0 Å². The lowest BCUT2D eigenvalue weighted by atomic mass is 9.88. The van der Waals surface area contributed by atoms with Crippen LogP contribution >= 0.6 is 0 Å². The van der Waals surface area contributed by atoms with Crippen molar-refractivity contribution in [3.05, 3.63) is 0 Å². The molecule has 0 amide bonds. The lowest BCUT2D eigenvalue weighted by Gasteiger charge is -2.16. The number of carbonyl (C=O) groups is 5. The van der Waals surface area contributed by atoms with Gasteiger partial charge in [0.1, 0.15) is 19.0 Å². The molecule has 0 unspecified atom stereocenters. The van der Waals surface area contributed by atoms with Crippen molar-refractivity contribution in [2.24, 2.45) is 10.8 Å². The van der Waals surface area contributed by atoms with E-state index in [2.05, 4.69) is 0 Å². The molecule has 0 spiro atoms. The Labute approximate surface area is 189 Å². The number of hydrogen-bond donors (Lipinski definition) is 0. The molecule has 0 saturated carbocycles. The van der Waals surface area contributed by atoms with E-state index in [1.54, 1.807) is 41.5 Å². The van der Waals surface area contributed by atoms with Crippen LogP contribution in [-0.2, 0) is 47.7 Å². The molecule has 0 aromatic heterocycles. The zero-order chi connectivity index (χ0) is 24.8. The molecule has 0 fully saturated rings. The van der Waals surface area contributed by atoms with Gasteiger partial charge in [-0.15, -0.1) is 0 Å². The average Bonchev–Trinajstić information content (AvgIpc) is 2.68. The molecule has 184 valence electrons. The van der Waals surface area contributed by atoms with Crippen molar-refractivity contribution in [1.29, 1.82) is 0 Å². The molecule has 10 heteroatoms. The number of esters is 4. The Morgan fingerprint density at radius 3 is 1.41 bits per heavy atom. The summed E-state index contributed by atoms with van der Waals surface area (Å²) in [7, 11) is 0. The summed E-state index contributed by atoms with van der Waals surface area (Å²) in [4.78, 5) is 57.9. The van der Waals surface area contributed by atoms with Gasteiger partial charge in [0.15, 0.2) is 0 Å². The number of rotatable bonds is 14. The third kappa shape index (κ3) is 15.3. The molecule has 0 N–H and O–H groups in total. The first kappa shape index (κ1) is 29.5. The van der Waals surface area contributed by atoms with E-state index >= 15 is 0 Å². The molecule has 0 aromatic carbocycles. The Kier molecular flexibility index (Phi) is 13.4. The molecular weight excluding hydrogens is 424 g/mol. The summed E-state index contributed by atoms with van der Waals surface area (Å²) < 4.78 is 24.5. The average molecular weight is 461 g/mol. The van der Waals surface area contributed by atoms with Gasteiger partial charge in [-0.2, -0.15) is 0 Å². The molecule has 0 atom stereocenters. The van der Waals surface area contributed by atoms with Crippen molar-refractivity contribution in [2.75, 3.05) is 33.2 Å². The molecule has 0 aromatic rings. The molecular formula is C22H36O10. The van der Waals surface area contributed by atoms with Crippen LogP contribution in [0.15, 0.2) is 0 Å². The minimum absolute atomic E-state index is 0.00949. The van der Waals surface area contributed by atoms with E-state index in [4.69, 9.17) is 23.7 Å². The van der Waals surface area contributed by atoms with Crippen molar-refractivity contribution in [2.45, 2.75) is 67.2 Å². The van der Waals surface area contributed by atoms with Crippen LogP contribution in [0, 0.1) is 10.8 Å². The first-order chi connectivity index (χ1) is 14.7. The van der Waals surface area contributed by atoms with Crippen molar-refractivity contribution in [3.63, 3.8) is 0 Å². The van der Waals surface area contributed by atoms with Crippen LogP contribution in [0.4, 0.5) is 0 Å². The van der Waals surface area contributed by atoms with Crippen LogP contribution in [-0.4, -0.2) is 62.9 Å². The summed E-state index contributed by atoms with van der Waals surface area (Å²) >= 11 is 0. The van der Waals surface area contributed by atoms with Crippen molar-refractivity contribution >= 4 is 29.7 Å². The molecule has 32 heavy (non-hydrogen) atoms. The highest BCUT2D eigenvalue weighted by atomic mass is 16.7. The third-order valence-corrected chi connectivity index (χ3v) is 3.93. The molecule has 0 saturated heterocycles. The quantitative estimate of drug-likeness (QED) is 0.165. The summed E-state index contributed by atoms with van der Waals surface area (Å²) in [5.41, 5.74) is -1.19. The Hall–Kier alpha value is -2.49. The minimum atomic E-state index is -0.702. The van der Waals surface area contributed by atoms with Gasteiger partial charge in [-0.1, -0.05) is 20.8 Å². The van der Waals surface area contributed by atoms with Gasteiger partial charge in [-0.3, -0.25) is 24.0 Å². The van der Waals surface area contributed by atoms with Crippen molar-refractivity contribution in [3.8, 4) is 0 Å². The number of carbonyl (C=O) groups excluding carboxylic acids is 5. The van der Waals surface area contributed by atoms with E-state index in [9.17, 15) is 24.0 Å². The molecule has 0 aliphatic carbocycles. The van der Waals surface area contributed by atoms with E-state index in [-0.39, 0.29) is 57.9 Å². The molecule has 0 aliphatic rings. The fourth-order valence-corrected chi connectivity index (χ4v) is 1.91. The third-order valence-electron chi connectivity index (χ3n) is 3.93. The molecule has 10 nitrogen and oxygen atoms in total. The first-order valence-corrected chi connectivity index (χ1v) is 10.5. The Bertz CT molecular complexity index is 640. The van der Waals surface area contributed by atoms with Crippen LogP contribution < -0.4 is 0 Å². The van der Waals surface area contributed by atoms with Crippen LogP contribution in [0.25, 0.3) is 0 Å². The first-order valence-electron chi connectivity index (χ1n) is 10.5. The standard InChI is InChI=1S/C22H36O10/c1-21(2,3)16(23)7-8-17(24)29-13-11-28-12-14-30-18(25)9-10-19(26)31-15-32-20(27)22(4,5)6/h7-15H2,1-6H3. The summed E-state index contributed by atoms with van der Waals surface area (Å²) in [5, 5.41) is 0. The zero-order valence-electron chi connectivity index (χ0n) is 19.9. The fourth-order valence-electron chi connectivity index (χ4n) is 1.91. The maximum Gasteiger partial charge on any atom is 0.314 e. The Morgan fingerprint density at radius 1 is 0.531 bits per heavy atom. The highest BCUT2D eigenvalue weighted by Gasteiger charge is 2.23. The van der Waals surface area contributed by atoms with E-state index in [0.717, 1.165) is 0 Å². The second-order valence-corrected chi connectivity index (χ2v) is 9.04. The maximum absolute atomic E-state index is 11.7. The van der Waals surface area contributed by atoms with Gasteiger partial charge in [0.2, 0.25) is 6.79 Å². The Balaban J connectivity index is 3.67. The van der Waals surface area contributed by atoms with E-state index in [1.165, 1.54) is 0 Å². The van der Waals surface area contributed by atoms with Gasteiger partial charge in [0.25, 0.3) is 0 Å². The fraction of sp³-hybridized carbons (Fsp3) is 0.773. The maximum atomic E-state index is 11.7. The summed E-state index contributed by atoms with van der Waals surface area (Å²) in [6, 6.07) is 0. The summed E-state index contributed by atoms with van der Waals surface area (Å²) in [6.07, 6.45) is -0.235. The lowest BCUT2D eigenvalue weighted by Crippen LogP contribution is -2.24. The summed E-state index contributed by atoms with van der Waals surface area (Å²) in [6.45, 7) is 10.1. The predicted molar refractivity (Wildman–Crippen MR) is 112 cm³/mol. The van der Waals surface area contributed by atoms with Gasteiger partial charge < -0.3 is 23.7 Å². The van der Waals surface area contributed by atoms with Gasteiger partial charge in [-0.25, -0.2) is 0 Å². The molecule has 0 radical (unpaired) electrons. The normalized spacial score (nSPS) is 11.4. The monoisotopic (exact) mass is 460 g/mol. The number of ketones is 1. The Morgan fingerprint density at radius 2 is 0.969 bits per heavy atom. The molecule has 0 heterocycles. The number of Topliss-reactive ketones (excluding diaryl/α,β-unsaturated/α-hetero) is 1. The van der Waals surface area contributed by atoms with E-state index < -0.39 is 41.5 Å². The van der Waals surface area contributed by atoms with Gasteiger partial charge in [0.05, 0.1) is 37.9 Å². The van der Waals surface area contributed by atoms with Gasteiger partial charge in [0, 0.05) is 11.8 Å². The lowest BCUT2D eigenvalue weighted by molar-refractivity contribution is -0.174. The predicted octanol–water partition coefficient (Wildman–Crippen LogP) is 2.35. The zero-order valence-corrected chi connectivity index (χ0v) is 19.9. The largest absolute Gasteiger partial charge is 0.463 e. The van der Waals surface area contributed by atoms with Gasteiger partial charge >= 0.3 is 23.9 Å². The second-order valence-electron chi connectivity index (χ2n) is 9.04. The topological polar surface area (TPSA) is 132 Å². The van der Waals surface area contributed by atoms with Crippen molar-refractivity contribution in [1.82, 2.24) is 0 Å². The van der Waals surface area contributed by atoms with Gasteiger partial charge in [-0.05, 0) is 20.8 Å². The summed E-state index contributed by atoms with van der Waals surface area (Å²) in [5.74, 6) is -2.28. The van der Waals surface area contributed by atoms with Crippen LogP contribution in [0.3, 0.4) is 0 Å². The smallest absolute Gasteiger partial charge is 0.314 e. The van der Waals surface area contributed by atoms with E-state index in [1.807, 2.05) is 0 Å². The highest BCUT2D eigenvalue weighted by Crippen LogP contribution is 2.17. The molecule has 0 rings (SSSR count). The minimum Gasteiger partial charge on any atom is -0.463 e. The SMILES string of the molecule is CC(C)(C)C(=O)CCC(=O)OCCOCCOC(=O)CCC(=O)OCOC(=O)C(C)(C)C. The van der Waals surface area contributed by atoms with Crippen molar-refractivity contribution < 1.29 is 47.7 Å². The molecule has 0 aliphatic heterocycles. The highest BCUT2D eigenvalue weighted by molar-refractivity contribution is 5.86. The van der Waals surface area contributed by atoms with Crippen LogP contribution in [0.5, 0.6) is 0 Å². The molecule has 0 bridgehead atoms.